The molecule has 2 atom stereocenters. The minimum Gasteiger partial charge on any atom is -0.372 e. The van der Waals surface area contributed by atoms with Crippen LogP contribution in [0.2, 0.25) is 0 Å². The number of ketones is 1. The van der Waals surface area contributed by atoms with Gasteiger partial charge in [-0.15, -0.1) is 0 Å². The molecule has 1 N–H and O–H groups in total. The highest BCUT2D eigenvalue weighted by Gasteiger charge is 2.55. The van der Waals surface area contributed by atoms with Crippen LogP contribution in [0.1, 0.15) is 35.3 Å². The molecule has 3 aliphatic rings. The number of nitrogens with zero attached hydrogens (tertiary/aromatic N) is 4. The summed E-state index contributed by atoms with van der Waals surface area (Å²) in [7, 11) is 1.67. The van der Waals surface area contributed by atoms with Gasteiger partial charge in [0.2, 0.25) is 5.95 Å². The summed E-state index contributed by atoms with van der Waals surface area (Å²) in [6, 6.07) is 9.37. The lowest BCUT2D eigenvalue weighted by molar-refractivity contribution is 0.101. The van der Waals surface area contributed by atoms with E-state index in [2.05, 4.69) is 21.3 Å². The molecule has 3 heterocycles. The molecule has 2 aromatic rings. The van der Waals surface area contributed by atoms with Gasteiger partial charge in [0.25, 0.3) is 5.56 Å². The summed E-state index contributed by atoms with van der Waals surface area (Å²) in [5.74, 6) is 0.685. The second kappa shape index (κ2) is 7.23. The van der Waals surface area contributed by atoms with Gasteiger partial charge in [0.05, 0.1) is 12.2 Å². The molecule has 1 aromatic carbocycles. The third-order valence-electron chi connectivity index (χ3n) is 6.44. The van der Waals surface area contributed by atoms with E-state index in [9.17, 15) is 9.59 Å². The van der Waals surface area contributed by atoms with Crippen LogP contribution in [0, 0.1) is 5.92 Å². The van der Waals surface area contributed by atoms with Gasteiger partial charge in [-0.3, -0.25) is 19.1 Å². The molecule has 2 fully saturated rings. The van der Waals surface area contributed by atoms with Crippen molar-refractivity contribution in [2.75, 3.05) is 29.9 Å². The Labute approximate surface area is 175 Å². The van der Waals surface area contributed by atoms with E-state index < -0.39 is 0 Å². The van der Waals surface area contributed by atoms with E-state index in [-0.39, 0.29) is 23.3 Å². The average molecular weight is 403 g/mol. The van der Waals surface area contributed by atoms with Gasteiger partial charge in [0.1, 0.15) is 0 Å². The number of aromatic nitrogens is 2. The Morgan fingerprint density at radius 3 is 2.90 bits per heavy atom. The Balaban J connectivity index is 1.34. The summed E-state index contributed by atoms with van der Waals surface area (Å²) in [5.41, 5.74) is 2.14. The highest BCUT2D eigenvalue weighted by molar-refractivity contribution is 5.99. The Hall–Kier alpha value is -3.22. The number of carbonyl (C=O) groups excluding carboxylic acids is 1. The molecule has 1 saturated heterocycles. The molecule has 0 bridgehead atoms. The third-order valence-corrected chi connectivity index (χ3v) is 6.44. The van der Waals surface area contributed by atoms with E-state index in [1.54, 1.807) is 19.3 Å². The Morgan fingerprint density at radius 2 is 2.10 bits per heavy atom. The minimum atomic E-state index is -0.223. The van der Waals surface area contributed by atoms with Gasteiger partial charge in [-0.1, -0.05) is 18.2 Å². The summed E-state index contributed by atoms with van der Waals surface area (Å²) in [5, 5.41) is 3.09. The summed E-state index contributed by atoms with van der Waals surface area (Å²) in [4.78, 5) is 36.5. The number of hydrogen-bond acceptors (Lipinski definition) is 6. The molecular weight excluding hydrogens is 378 g/mol. The highest BCUT2D eigenvalue weighted by atomic mass is 16.1. The maximum absolute atomic E-state index is 12.8. The number of anilines is 2. The van der Waals surface area contributed by atoms with Crippen molar-refractivity contribution >= 4 is 23.6 Å². The zero-order valence-corrected chi connectivity index (χ0v) is 17.0. The number of fused-ring (bicyclic) bond motifs is 1. The molecule has 1 saturated carbocycles. The molecule has 0 radical (unpaired) electrons. The molecule has 7 heteroatoms. The molecule has 5 rings (SSSR count). The minimum absolute atomic E-state index is 0.0251. The molecule has 2 unspecified atom stereocenters. The lowest BCUT2D eigenvalue weighted by atomic mass is 9.98. The van der Waals surface area contributed by atoms with Crippen molar-refractivity contribution in [3.63, 3.8) is 0 Å². The van der Waals surface area contributed by atoms with Crippen LogP contribution in [-0.2, 0) is 12.5 Å². The van der Waals surface area contributed by atoms with Gasteiger partial charge >= 0.3 is 0 Å². The second-order valence-corrected chi connectivity index (χ2v) is 8.35. The van der Waals surface area contributed by atoms with Crippen LogP contribution < -0.4 is 15.8 Å². The van der Waals surface area contributed by atoms with Crippen LogP contribution in [0.3, 0.4) is 0 Å². The predicted molar refractivity (Wildman–Crippen MR) is 118 cm³/mol. The Kier molecular flexibility index (Phi) is 4.53. The number of allylic oxidation sites excluding steroid dienone is 1. The Morgan fingerprint density at radius 1 is 1.27 bits per heavy atom. The van der Waals surface area contributed by atoms with Crippen molar-refractivity contribution < 1.29 is 4.79 Å². The molecular formula is C23H25N5O2. The molecule has 0 amide bonds. The van der Waals surface area contributed by atoms with E-state index in [0.29, 0.717) is 17.4 Å². The largest absolute Gasteiger partial charge is 0.372 e. The maximum Gasteiger partial charge on any atom is 0.254 e. The van der Waals surface area contributed by atoms with Gasteiger partial charge in [0.15, 0.2) is 5.78 Å². The fourth-order valence-electron chi connectivity index (χ4n) is 4.44. The molecule has 30 heavy (non-hydrogen) atoms. The fraction of sp³-hybridized carbons (Fsp3) is 0.391. The number of carbonyl (C=O) groups is 1. The number of benzene rings is 1. The number of rotatable bonds is 6. The van der Waals surface area contributed by atoms with Crippen LogP contribution in [0.25, 0.3) is 0 Å². The number of nitrogens with one attached hydrogen (secondary N) is 1. The summed E-state index contributed by atoms with van der Waals surface area (Å²) < 4.78 is 1.45. The normalized spacial score (nSPS) is 24.0. The molecule has 1 aromatic heterocycles. The lowest BCUT2D eigenvalue weighted by Crippen LogP contribution is -2.27. The maximum atomic E-state index is 12.8. The smallest absolute Gasteiger partial charge is 0.254 e. The van der Waals surface area contributed by atoms with E-state index in [0.717, 1.165) is 30.9 Å². The second-order valence-electron chi connectivity index (χ2n) is 8.35. The van der Waals surface area contributed by atoms with Crippen LogP contribution in [0.4, 0.5) is 11.6 Å². The van der Waals surface area contributed by atoms with Crippen molar-refractivity contribution in [3.05, 3.63) is 64.2 Å². The third kappa shape index (κ3) is 3.24. The van der Waals surface area contributed by atoms with Gasteiger partial charge in [-0.25, -0.2) is 4.98 Å². The highest BCUT2D eigenvalue weighted by Crippen LogP contribution is 2.55. The van der Waals surface area contributed by atoms with Crippen molar-refractivity contribution in [3.8, 4) is 0 Å². The van der Waals surface area contributed by atoms with Crippen LogP contribution in [0.15, 0.2) is 52.4 Å². The van der Waals surface area contributed by atoms with Crippen LogP contribution in [-0.4, -0.2) is 41.2 Å². The van der Waals surface area contributed by atoms with Crippen LogP contribution >= 0.6 is 0 Å². The first kappa shape index (κ1) is 18.8. The van der Waals surface area contributed by atoms with Crippen molar-refractivity contribution in [2.45, 2.75) is 24.7 Å². The first-order chi connectivity index (χ1) is 14.6. The molecule has 0 spiro atoms. The van der Waals surface area contributed by atoms with E-state index in [1.807, 2.05) is 30.5 Å². The molecule has 7 nitrogen and oxygen atoms in total. The van der Waals surface area contributed by atoms with E-state index in [1.165, 1.54) is 17.4 Å². The first-order valence-corrected chi connectivity index (χ1v) is 10.5. The van der Waals surface area contributed by atoms with Gasteiger partial charge in [0, 0.05) is 61.2 Å². The summed E-state index contributed by atoms with van der Waals surface area (Å²) >= 11 is 0. The van der Waals surface area contributed by atoms with E-state index >= 15 is 0 Å². The lowest BCUT2D eigenvalue weighted by Gasteiger charge is -2.18. The molecule has 154 valence electrons. The molecule has 1 aliphatic carbocycles. The summed E-state index contributed by atoms with van der Waals surface area (Å²) in [6.07, 6.45) is 9.02. The fourth-order valence-corrected chi connectivity index (χ4v) is 4.44. The predicted octanol–water partition coefficient (Wildman–Crippen LogP) is 2.53. The van der Waals surface area contributed by atoms with Crippen molar-refractivity contribution in [1.29, 1.82) is 0 Å². The number of Topliss-reactive ketones (excluding diaryl/α,β-unsaturated/α-hetero) is 1. The van der Waals surface area contributed by atoms with Gasteiger partial charge in [-0.05, 0) is 31.4 Å². The monoisotopic (exact) mass is 403 g/mol. The number of hydrogen-bond donors (Lipinski definition) is 1. The van der Waals surface area contributed by atoms with Crippen molar-refractivity contribution in [1.82, 2.24) is 9.55 Å². The van der Waals surface area contributed by atoms with E-state index in [4.69, 9.17) is 4.98 Å². The summed E-state index contributed by atoms with van der Waals surface area (Å²) in [6.45, 7) is 2.16. The Bertz CT molecular complexity index is 1110. The topological polar surface area (TPSA) is 79.6 Å². The zero-order chi connectivity index (χ0) is 20.7. The zero-order valence-electron chi connectivity index (χ0n) is 17.0. The van der Waals surface area contributed by atoms with Crippen molar-refractivity contribution in [2.24, 2.45) is 18.0 Å². The SMILES string of the molecule is Cn1c(NCC(=O)c2cccc(N3CCCC3)c2)nc(C23C=CN=CC2C3)cc1=O. The molecule has 2 aliphatic heterocycles. The standard InChI is InChI=1S/C23H25N5O2/c1-27-21(30)12-20(23-7-8-24-14-17(23)13-23)26-22(27)25-15-19(29)16-5-4-6-18(11-16)28-9-2-3-10-28/h4-8,11-12,14,17H,2-3,9-10,13,15H2,1H3,(H,25,26). The van der Waals surface area contributed by atoms with Gasteiger partial charge in [-0.2, -0.15) is 0 Å². The quantitative estimate of drug-likeness (QED) is 0.750. The first-order valence-electron chi connectivity index (χ1n) is 10.5. The van der Waals surface area contributed by atoms with Gasteiger partial charge < -0.3 is 10.2 Å². The van der Waals surface area contributed by atoms with Crippen LogP contribution in [0.5, 0.6) is 0 Å². The number of aliphatic imine (C=N–C) groups is 1. The average Bonchev–Trinajstić information content (AvgIpc) is 3.27.